The van der Waals surface area contributed by atoms with Gasteiger partial charge in [-0.05, 0) is 60.7 Å². The van der Waals surface area contributed by atoms with Crippen LogP contribution in [0.5, 0.6) is 5.75 Å². The second-order valence-electron chi connectivity index (χ2n) is 9.53. The summed E-state index contributed by atoms with van der Waals surface area (Å²) >= 11 is 0. The van der Waals surface area contributed by atoms with E-state index in [1.165, 1.54) is 6.42 Å². The summed E-state index contributed by atoms with van der Waals surface area (Å²) in [5.74, 6) is 2.51. The number of carbonyl (C=O) groups excluding carboxylic acids is 1. The van der Waals surface area contributed by atoms with Crippen molar-refractivity contribution < 1.29 is 9.53 Å². The highest BCUT2D eigenvalue weighted by Crippen LogP contribution is 2.22. The first-order chi connectivity index (χ1) is 17.2. The molecular formula is C29H34N4O2. The quantitative estimate of drug-likeness (QED) is 0.514. The lowest BCUT2D eigenvalue weighted by Crippen LogP contribution is -2.50. The number of carbonyl (C=O) groups is 1. The number of amides is 1. The van der Waals surface area contributed by atoms with Crippen molar-refractivity contribution in [3.8, 4) is 5.75 Å². The molecule has 2 saturated heterocycles. The van der Waals surface area contributed by atoms with Crippen LogP contribution in [0.1, 0.15) is 28.8 Å². The minimum Gasteiger partial charge on any atom is -0.489 e. The van der Waals surface area contributed by atoms with Gasteiger partial charge in [-0.15, -0.1) is 0 Å². The SMILES string of the molecule is O=C(c1ccc(OCc2ccccc2)cc1)N1CCCC(CN2CCN(c3ccccn3)CC2)C1. The summed E-state index contributed by atoms with van der Waals surface area (Å²) in [4.78, 5) is 24.6. The average molecular weight is 471 g/mol. The second kappa shape index (κ2) is 11.4. The lowest BCUT2D eigenvalue weighted by atomic mass is 9.96. The van der Waals surface area contributed by atoms with Gasteiger partial charge in [0.1, 0.15) is 18.2 Å². The van der Waals surface area contributed by atoms with Gasteiger partial charge in [0.25, 0.3) is 5.91 Å². The summed E-state index contributed by atoms with van der Waals surface area (Å²) in [5, 5.41) is 0. The molecule has 6 nitrogen and oxygen atoms in total. The van der Waals surface area contributed by atoms with Gasteiger partial charge in [-0.25, -0.2) is 4.98 Å². The topological polar surface area (TPSA) is 48.9 Å². The van der Waals surface area contributed by atoms with E-state index in [0.717, 1.165) is 74.9 Å². The van der Waals surface area contributed by atoms with E-state index in [1.54, 1.807) is 0 Å². The van der Waals surface area contributed by atoms with Crippen LogP contribution in [0.15, 0.2) is 79.0 Å². The standard InChI is InChI=1S/C29H34N4O2/c34-29(26-11-13-27(14-12-26)35-23-24-7-2-1-3-8-24)33-16-6-9-25(22-33)21-31-17-19-32(20-18-31)28-10-4-5-15-30-28/h1-5,7-8,10-15,25H,6,9,16-23H2. The molecule has 1 aromatic heterocycles. The third-order valence-electron chi connectivity index (χ3n) is 7.02. The summed E-state index contributed by atoms with van der Waals surface area (Å²) in [7, 11) is 0. The molecule has 0 radical (unpaired) electrons. The van der Waals surface area contributed by atoms with Gasteiger partial charge in [0.05, 0.1) is 0 Å². The average Bonchev–Trinajstić information content (AvgIpc) is 2.93. The molecular weight excluding hydrogens is 436 g/mol. The predicted molar refractivity (Wildman–Crippen MR) is 139 cm³/mol. The van der Waals surface area contributed by atoms with Crippen molar-refractivity contribution in [3.05, 3.63) is 90.1 Å². The molecule has 3 aromatic rings. The van der Waals surface area contributed by atoms with Crippen LogP contribution in [-0.2, 0) is 6.61 Å². The summed E-state index contributed by atoms with van der Waals surface area (Å²) in [6.45, 7) is 7.37. The van der Waals surface area contributed by atoms with E-state index in [2.05, 4.69) is 20.9 Å². The molecule has 0 aliphatic carbocycles. The molecule has 2 fully saturated rings. The molecule has 1 atom stereocenters. The number of pyridine rings is 1. The van der Waals surface area contributed by atoms with Gasteiger partial charge in [0.2, 0.25) is 0 Å². The molecule has 35 heavy (non-hydrogen) atoms. The van der Waals surface area contributed by atoms with Crippen molar-refractivity contribution in [2.45, 2.75) is 19.4 Å². The minimum absolute atomic E-state index is 0.129. The van der Waals surface area contributed by atoms with E-state index < -0.39 is 0 Å². The van der Waals surface area contributed by atoms with Crippen LogP contribution < -0.4 is 9.64 Å². The van der Waals surface area contributed by atoms with Gasteiger partial charge in [0.15, 0.2) is 0 Å². The van der Waals surface area contributed by atoms with E-state index in [1.807, 2.05) is 77.8 Å². The van der Waals surface area contributed by atoms with Crippen molar-refractivity contribution in [1.29, 1.82) is 0 Å². The van der Waals surface area contributed by atoms with E-state index in [0.29, 0.717) is 12.5 Å². The van der Waals surface area contributed by atoms with E-state index in [4.69, 9.17) is 4.74 Å². The Morgan fingerprint density at radius 2 is 1.66 bits per heavy atom. The highest BCUT2D eigenvalue weighted by atomic mass is 16.5. The van der Waals surface area contributed by atoms with Crippen LogP contribution >= 0.6 is 0 Å². The zero-order chi connectivity index (χ0) is 23.9. The molecule has 0 bridgehead atoms. The monoisotopic (exact) mass is 470 g/mol. The number of nitrogens with zero attached hydrogens (tertiary/aromatic N) is 4. The molecule has 6 heteroatoms. The summed E-state index contributed by atoms with van der Waals surface area (Å²) in [6, 6.07) is 23.8. The maximum atomic E-state index is 13.2. The smallest absolute Gasteiger partial charge is 0.253 e. The normalized spacial score (nSPS) is 18.9. The molecule has 0 saturated carbocycles. The number of piperazine rings is 1. The van der Waals surface area contributed by atoms with Crippen molar-refractivity contribution in [3.63, 3.8) is 0 Å². The van der Waals surface area contributed by atoms with Gasteiger partial charge in [-0.2, -0.15) is 0 Å². The van der Waals surface area contributed by atoms with E-state index in [-0.39, 0.29) is 5.91 Å². The van der Waals surface area contributed by atoms with Crippen LogP contribution in [-0.4, -0.2) is 66.5 Å². The van der Waals surface area contributed by atoms with Crippen molar-refractivity contribution >= 4 is 11.7 Å². The first-order valence-corrected chi connectivity index (χ1v) is 12.7. The number of rotatable bonds is 7. The Bertz CT molecular complexity index is 1070. The van der Waals surface area contributed by atoms with Crippen LogP contribution in [0, 0.1) is 5.92 Å². The van der Waals surface area contributed by atoms with Gasteiger partial charge in [-0.3, -0.25) is 9.69 Å². The molecule has 1 unspecified atom stereocenters. The first-order valence-electron chi connectivity index (χ1n) is 12.7. The third-order valence-corrected chi connectivity index (χ3v) is 7.02. The Kier molecular flexibility index (Phi) is 7.59. The van der Waals surface area contributed by atoms with Crippen molar-refractivity contribution in [2.24, 2.45) is 5.92 Å². The van der Waals surface area contributed by atoms with Gasteiger partial charge < -0.3 is 14.5 Å². The maximum absolute atomic E-state index is 13.2. The van der Waals surface area contributed by atoms with Crippen LogP contribution in [0.25, 0.3) is 0 Å². The fourth-order valence-electron chi connectivity index (χ4n) is 5.08. The molecule has 2 aliphatic heterocycles. The zero-order valence-corrected chi connectivity index (χ0v) is 20.3. The van der Waals surface area contributed by atoms with Gasteiger partial charge >= 0.3 is 0 Å². The summed E-state index contributed by atoms with van der Waals surface area (Å²) in [5.41, 5.74) is 1.87. The predicted octanol–water partition coefficient (Wildman–Crippen LogP) is 4.34. The Morgan fingerprint density at radius 3 is 2.40 bits per heavy atom. The molecule has 2 aliphatic rings. The number of likely N-dealkylation sites (tertiary alicyclic amines) is 1. The molecule has 182 valence electrons. The number of hydrogen-bond donors (Lipinski definition) is 0. The van der Waals surface area contributed by atoms with Crippen LogP contribution in [0.2, 0.25) is 0 Å². The minimum atomic E-state index is 0.129. The van der Waals surface area contributed by atoms with E-state index in [9.17, 15) is 4.79 Å². The number of ether oxygens (including phenoxy) is 1. The Morgan fingerprint density at radius 1 is 0.886 bits per heavy atom. The number of anilines is 1. The Balaban J connectivity index is 1.10. The summed E-state index contributed by atoms with van der Waals surface area (Å²) in [6.07, 6.45) is 4.12. The lowest BCUT2D eigenvalue weighted by Gasteiger charge is -2.39. The molecule has 1 amide bonds. The zero-order valence-electron chi connectivity index (χ0n) is 20.3. The molecule has 3 heterocycles. The Labute approximate surface area is 208 Å². The van der Waals surface area contributed by atoms with Crippen molar-refractivity contribution in [2.75, 3.05) is 50.7 Å². The molecule has 5 rings (SSSR count). The number of hydrogen-bond acceptors (Lipinski definition) is 5. The van der Waals surface area contributed by atoms with Gasteiger partial charge in [-0.1, -0.05) is 36.4 Å². The number of benzene rings is 2. The molecule has 0 spiro atoms. The fraction of sp³-hybridized carbons (Fsp3) is 0.379. The highest BCUT2D eigenvalue weighted by molar-refractivity contribution is 5.94. The highest BCUT2D eigenvalue weighted by Gasteiger charge is 2.27. The Hall–Kier alpha value is -3.38. The largest absolute Gasteiger partial charge is 0.489 e. The number of piperidine rings is 1. The van der Waals surface area contributed by atoms with Crippen LogP contribution in [0.4, 0.5) is 5.82 Å². The lowest BCUT2D eigenvalue weighted by molar-refractivity contribution is 0.0637. The van der Waals surface area contributed by atoms with Crippen LogP contribution in [0.3, 0.4) is 0 Å². The van der Waals surface area contributed by atoms with Crippen molar-refractivity contribution in [1.82, 2.24) is 14.8 Å². The summed E-state index contributed by atoms with van der Waals surface area (Å²) < 4.78 is 5.87. The fourth-order valence-corrected chi connectivity index (χ4v) is 5.08. The molecule has 0 N–H and O–H groups in total. The van der Waals surface area contributed by atoms with E-state index >= 15 is 0 Å². The second-order valence-corrected chi connectivity index (χ2v) is 9.53. The number of aromatic nitrogens is 1. The van der Waals surface area contributed by atoms with Gasteiger partial charge in [0, 0.05) is 57.6 Å². The first kappa shape index (κ1) is 23.4. The molecule has 2 aromatic carbocycles. The maximum Gasteiger partial charge on any atom is 0.253 e. The third kappa shape index (κ3) is 6.20.